The first-order valence-corrected chi connectivity index (χ1v) is 8.87. The van der Waals surface area contributed by atoms with Crippen LogP contribution >= 0.6 is 0 Å². The lowest BCUT2D eigenvalue weighted by molar-refractivity contribution is -0.121. The van der Waals surface area contributed by atoms with Crippen molar-refractivity contribution in [2.24, 2.45) is 5.92 Å². The Morgan fingerprint density at radius 1 is 1.26 bits per heavy atom. The van der Waals surface area contributed by atoms with Gasteiger partial charge in [-0.05, 0) is 63.2 Å². The number of nitrogens with zero attached hydrogens (tertiary/aromatic N) is 1. The number of likely N-dealkylation sites (tertiary alicyclic amines) is 1. The maximum Gasteiger partial charge on any atom is 0.220 e. The first-order valence-electron chi connectivity index (χ1n) is 8.87. The molecule has 0 aromatic carbocycles. The largest absolute Gasteiger partial charge is 0.462 e. The number of rotatable bonds is 5. The van der Waals surface area contributed by atoms with E-state index in [1.165, 1.54) is 6.42 Å². The second-order valence-electron chi connectivity index (χ2n) is 6.76. The molecule has 2 fully saturated rings. The van der Waals surface area contributed by atoms with Crippen molar-refractivity contribution in [2.45, 2.75) is 51.2 Å². The van der Waals surface area contributed by atoms with Crippen molar-refractivity contribution >= 4 is 5.91 Å². The standard InChI is InChI=1S/C18H28N2O3/c1-19-18(21)12-14-7-9-20(10-8-14)13-15-5-6-17(23-15)16-4-2-3-11-22-16/h5-6,14,16H,2-4,7-13H2,1H3,(H,19,21). The van der Waals surface area contributed by atoms with E-state index in [2.05, 4.69) is 22.3 Å². The van der Waals surface area contributed by atoms with Crippen LogP contribution in [0.25, 0.3) is 0 Å². The monoisotopic (exact) mass is 320 g/mol. The molecule has 2 aliphatic heterocycles. The molecular formula is C18H28N2O3. The fourth-order valence-corrected chi connectivity index (χ4v) is 3.55. The molecule has 1 aromatic heterocycles. The third-order valence-corrected chi connectivity index (χ3v) is 5.02. The molecule has 2 saturated heterocycles. The van der Waals surface area contributed by atoms with Crippen molar-refractivity contribution in [3.63, 3.8) is 0 Å². The van der Waals surface area contributed by atoms with Crippen molar-refractivity contribution in [1.82, 2.24) is 10.2 Å². The van der Waals surface area contributed by atoms with Crippen LogP contribution in [0.15, 0.2) is 16.5 Å². The van der Waals surface area contributed by atoms with Gasteiger partial charge in [0, 0.05) is 20.1 Å². The number of ether oxygens (including phenoxy) is 1. The summed E-state index contributed by atoms with van der Waals surface area (Å²) in [6.07, 6.45) is 6.44. The Morgan fingerprint density at radius 2 is 2.09 bits per heavy atom. The minimum absolute atomic E-state index is 0.149. The summed E-state index contributed by atoms with van der Waals surface area (Å²) in [5.41, 5.74) is 0. The van der Waals surface area contributed by atoms with Crippen molar-refractivity contribution in [2.75, 3.05) is 26.7 Å². The molecular weight excluding hydrogens is 292 g/mol. The van der Waals surface area contributed by atoms with Crippen LogP contribution < -0.4 is 5.32 Å². The summed E-state index contributed by atoms with van der Waals surface area (Å²) in [4.78, 5) is 13.9. The molecule has 1 amide bonds. The quantitative estimate of drug-likeness (QED) is 0.906. The van der Waals surface area contributed by atoms with E-state index in [0.29, 0.717) is 12.3 Å². The third-order valence-electron chi connectivity index (χ3n) is 5.02. The fraction of sp³-hybridized carbons (Fsp3) is 0.722. The van der Waals surface area contributed by atoms with Gasteiger partial charge in [0.1, 0.15) is 17.6 Å². The zero-order chi connectivity index (χ0) is 16.1. The molecule has 1 unspecified atom stereocenters. The van der Waals surface area contributed by atoms with Gasteiger partial charge in [0.25, 0.3) is 0 Å². The maximum atomic E-state index is 11.5. The minimum Gasteiger partial charge on any atom is -0.462 e. The third kappa shape index (κ3) is 4.58. The Hall–Kier alpha value is -1.33. The second-order valence-corrected chi connectivity index (χ2v) is 6.76. The van der Waals surface area contributed by atoms with Crippen LogP contribution in [0.2, 0.25) is 0 Å². The van der Waals surface area contributed by atoms with Crippen LogP contribution in [0.5, 0.6) is 0 Å². The molecule has 1 aromatic rings. The van der Waals surface area contributed by atoms with E-state index < -0.39 is 0 Å². The molecule has 5 heteroatoms. The Balaban J connectivity index is 1.45. The Morgan fingerprint density at radius 3 is 2.78 bits per heavy atom. The molecule has 3 rings (SSSR count). The van der Waals surface area contributed by atoms with Gasteiger partial charge in [0.15, 0.2) is 0 Å². The smallest absolute Gasteiger partial charge is 0.220 e. The predicted octanol–water partition coefficient (Wildman–Crippen LogP) is 2.87. The summed E-state index contributed by atoms with van der Waals surface area (Å²) in [5, 5.41) is 2.72. The van der Waals surface area contributed by atoms with Gasteiger partial charge >= 0.3 is 0 Å². The maximum absolute atomic E-state index is 11.5. The van der Waals surface area contributed by atoms with Gasteiger partial charge in [-0.3, -0.25) is 9.69 Å². The molecule has 1 N–H and O–H groups in total. The molecule has 128 valence electrons. The summed E-state index contributed by atoms with van der Waals surface area (Å²) < 4.78 is 11.8. The van der Waals surface area contributed by atoms with Crippen molar-refractivity contribution in [3.8, 4) is 0 Å². The normalized spacial score (nSPS) is 23.8. The number of piperidine rings is 1. The number of hydrogen-bond donors (Lipinski definition) is 1. The van der Waals surface area contributed by atoms with Crippen LogP contribution in [0.1, 0.15) is 56.1 Å². The molecule has 1 atom stereocenters. The summed E-state index contributed by atoms with van der Waals surface area (Å²) in [7, 11) is 1.71. The molecule has 0 aliphatic carbocycles. The zero-order valence-electron chi connectivity index (χ0n) is 14.1. The SMILES string of the molecule is CNC(=O)CC1CCN(Cc2ccc(C3CCCCO3)o2)CC1. The van der Waals surface area contributed by atoms with Crippen LogP contribution in [-0.2, 0) is 16.1 Å². The zero-order valence-corrected chi connectivity index (χ0v) is 14.1. The van der Waals surface area contributed by atoms with Crippen LogP contribution in [0, 0.1) is 5.92 Å². The molecule has 2 aliphatic rings. The van der Waals surface area contributed by atoms with Gasteiger partial charge in [0.05, 0.1) is 6.54 Å². The van der Waals surface area contributed by atoms with E-state index in [-0.39, 0.29) is 12.0 Å². The van der Waals surface area contributed by atoms with Gasteiger partial charge in [0.2, 0.25) is 5.91 Å². The first-order chi connectivity index (χ1) is 11.2. The Labute approximate surface area is 138 Å². The molecule has 0 radical (unpaired) electrons. The number of nitrogens with one attached hydrogen (secondary N) is 1. The molecule has 23 heavy (non-hydrogen) atoms. The lowest BCUT2D eigenvalue weighted by Crippen LogP contribution is -2.35. The van der Waals surface area contributed by atoms with Crippen LogP contribution in [0.3, 0.4) is 0 Å². The molecule has 5 nitrogen and oxygen atoms in total. The number of amides is 1. The number of carbonyl (C=O) groups is 1. The second kappa shape index (κ2) is 7.97. The van der Waals surface area contributed by atoms with E-state index in [0.717, 1.165) is 63.4 Å². The molecule has 3 heterocycles. The lowest BCUT2D eigenvalue weighted by atomic mass is 9.93. The van der Waals surface area contributed by atoms with Crippen LogP contribution in [0.4, 0.5) is 0 Å². The van der Waals surface area contributed by atoms with E-state index in [1.807, 2.05) is 0 Å². The summed E-state index contributed by atoms with van der Waals surface area (Å²) >= 11 is 0. The van der Waals surface area contributed by atoms with Gasteiger partial charge in [-0.25, -0.2) is 0 Å². The van der Waals surface area contributed by atoms with Crippen molar-refractivity contribution < 1.29 is 13.9 Å². The highest BCUT2D eigenvalue weighted by Gasteiger charge is 2.23. The van der Waals surface area contributed by atoms with E-state index in [9.17, 15) is 4.79 Å². The predicted molar refractivity (Wildman–Crippen MR) is 87.9 cm³/mol. The topological polar surface area (TPSA) is 54.7 Å². The minimum atomic E-state index is 0.149. The fourth-order valence-electron chi connectivity index (χ4n) is 3.55. The summed E-state index contributed by atoms with van der Waals surface area (Å²) in [6, 6.07) is 4.16. The lowest BCUT2D eigenvalue weighted by Gasteiger charge is -2.31. The average Bonchev–Trinajstić information content (AvgIpc) is 3.06. The van der Waals surface area contributed by atoms with E-state index in [1.54, 1.807) is 7.05 Å². The van der Waals surface area contributed by atoms with Gasteiger partial charge in [-0.1, -0.05) is 0 Å². The Kier molecular flexibility index (Phi) is 5.73. The molecule has 0 bridgehead atoms. The number of carbonyl (C=O) groups excluding carboxylic acids is 1. The highest BCUT2D eigenvalue weighted by Crippen LogP contribution is 2.30. The van der Waals surface area contributed by atoms with Crippen LogP contribution in [-0.4, -0.2) is 37.6 Å². The van der Waals surface area contributed by atoms with Gasteiger partial charge in [-0.15, -0.1) is 0 Å². The molecule has 0 spiro atoms. The van der Waals surface area contributed by atoms with Gasteiger partial charge < -0.3 is 14.5 Å². The highest BCUT2D eigenvalue weighted by molar-refractivity contribution is 5.75. The first kappa shape index (κ1) is 16.5. The average molecular weight is 320 g/mol. The Bertz CT molecular complexity index is 500. The number of hydrogen-bond acceptors (Lipinski definition) is 4. The summed E-state index contributed by atoms with van der Waals surface area (Å²) in [6.45, 7) is 3.79. The van der Waals surface area contributed by atoms with E-state index in [4.69, 9.17) is 9.15 Å². The summed E-state index contributed by atoms with van der Waals surface area (Å²) in [5.74, 6) is 2.69. The van der Waals surface area contributed by atoms with E-state index >= 15 is 0 Å². The van der Waals surface area contributed by atoms with Crippen molar-refractivity contribution in [3.05, 3.63) is 23.7 Å². The van der Waals surface area contributed by atoms with Gasteiger partial charge in [-0.2, -0.15) is 0 Å². The van der Waals surface area contributed by atoms with Crippen molar-refractivity contribution in [1.29, 1.82) is 0 Å². The highest BCUT2D eigenvalue weighted by atomic mass is 16.5. The number of furan rings is 1. The molecule has 0 saturated carbocycles.